The Kier molecular flexibility index (Phi) is 4.57. The van der Waals surface area contributed by atoms with Crippen LogP contribution in [0.4, 0.5) is 5.69 Å². The van der Waals surface area contributed by atoms with Gasteiger partial charge >= 0.3 is 0 Å². The lowest BCUT2D eigenvalue weighted by molar-refractivity contribution is -0.154. The first-order valence-electron chi connectivity index (χ1n) is 11.8. The van der Waals surface area contributed by atoms with E-state index in [0.717, 1.165) is 36.8 Å². The molecule has 2 fully saturated rings. The van der Waals surface area contributed by atoms with Crippen LogP contribution >= 0.6 is 0 Å². The van der Waals surface area contributed by atoms with Gasteiger partial charge in [-0.05, 0) is 49.4 Å². The van der Waals surface area contributed by atoms with E-state index in [1.165, 1.54) is 48.9 Å². The molecule has 1 saturated heterocycles. The summed E-state index contributed by atoms with van der Waals surface area (Å²) in [4.78, 5) is 4.82. The predicted octanol–water partition coefficient (Wildman–Crippen LogP) is 4.99. The van der Waals surface area contributed by atoms with E-state index >= 15 is 0 Å². The molecule has 1 saturated carbocycles. The Morgan fingerprint density at radius 1 is 0.903 bits per heavy atom. The number of benzene rings is 2. The van der Waals surface area contributed by atoms with Gasteiger partial charge in [0.2, 0.25) is 6.79 Å². The molecular formula is C26H32N2O3. The quantitative estimate of drug-likeness (QED) is 0.699. The van der Waals surface area contributed by atoms with Crippen LogP contribution in [-0.2, 0) is 0 Å². The van der Waals surface area contributed by atoms with Gasteiger partial charge in [-0.15, -0.1) is 0 Å². The zero-order chi connectivity index (χ0) is 21.0. The average Bonchev–Trinajstić information content (AvgIpc) is 3.48. The summed E-state index contributed by atoms with van der Waals surface area (Å²) in [6, 6.07) is 13.4. The van der Waals surface area contributed by atoms with Crippen LogP contribution in [-0.4, -0.2) is 44.6 Å². The number of nitrogens with zero attached hydrogens (tertiary/aromatic N) is 2. The summed E-state index contributed by atoms with van der Waals surface area (Å²) in [6.45, 7) is 2.58. The van der Waals surface area contributed by atoms with Crippen LogP contribution in [0.2, 0.25) is 0 Å². The second-order valence-corrected chi connectivity index (χ2v) is 9.70. The molecule has 3 atom stereocenters. The number of anilines is 1. The summed E-state index contributed by atoms with van der Waals surface area (Å²) in [7, 11) is 4.19. The van der Waals surface area contributed by atoms with Crippen molar-refractivity contribution in [3.05, 3.63) is 47.5 Å². The van der Waals surface area contributed by atoms with E-state index < -0.39 is 0 Å². The molecule has 0 unspecified atom stereocenters. The van der Waals surface area contributed by atoms with E-state index in [0.29, 0.717) is 18.6 Å². The Balaban J connectivity index is 1.51. The maximum Gasteiger partial charge on any atom is 0.231 e. The van der Waals surface area contributed by atoms with Crippen LogP contribution in [0.15, 0.2) is 36.4 Å². The topological polar surface area (TPSA) is 34.2 Å². The van der Waals surface area contributed by atoms with Gasteiger partial charge in [0.15, 0.2) is 17.2 Å². The summed E-state index contributed by atoms with van der Waals surface area (Å²) >= 11 is 0. The molecule has 0 spiro atoms. The van der Waals surface area contributed by atoms with Gasteiger partial charge in [-0.2, -0.15) is 0 Å². The highest BCUT2D eigenvalue weighted by Crippen LogP contribution is 2.57. The number of hydrogen-bond acceptors (Lipinski definition) is 5. The molecule has 5 heteroatoms. The molecule has 2 aromatic rings. The summed E-state index contributed by atoms with van der Waals surface area (Å²) in [5, 5.41) is 0. The van der Waals surface area contributed by atoms with Crippen LogP contribution < -0.4 is 19.1 Å². The maximum atomic E-state index is 7.03. The number of likely N-dealkylation sites (tertiary alicyclic amines) is 1. The Hall–Kier alpha value is -2.40. The summed E-state index contributed by atoms with van der Waals surface area (Å²) in [6.07, 6.45) is 7.36. The molecule has 31 heavy (non-hydrogen) atoms. The van der Waals surface area contributed by atoms with Crippen molar-refractivity contribution < 1.29 is 14.2 Å². The van der Waals surface area contributed by atoms with E-state index in [1.54, 1.807) is 0 Å². The van der Waals surface area contributed by atoms with Gasteiger partial charge in [-0.25, -0.2) is 0 Å². The van der Waals surface area contributed by atoms with Gasteiger partial charge in [0, 0.05) is 62.8 Å². The van der Waals surface area contributed by atoms with E-state index in [4.69, 9.17) is 14.2 Å². The fraction of sp³-hybridized carbons (Fsp3) is 0.538. The van der Waals surface area contributed by atoms with E-state index in [9.17, 15) is 0 Å². The first-order chi connectivity index (χ1) is 15.2. The van der Waals surface area contributed by atoms with Crippen LogP contribution in [0.25, 0.3) is 0 Å². The van der Waals surface area contributed by atoms with Crippen molar-refractivity contribution in [3.8, 4) is 17.2 Å². The molecule has 2 aromatic carbocycles. The fourth-order valence-electron chi connectivity index (χ4n) is 6.33. The lowest BCUT2D eigenvalue weighted by atomic mass is 9.66. The molecule has 0 radical (unpaired) electrons. The minimum absolute atomic E-state index is 0.208. The lowest BCUT2D eigenvalue weighted by Gasteiger charge is -2.55. The number of hydrogen-bond donors (Lipinski definition) is 0. The maximum absolute atomic E-state index is 7.03. The normalized spacial score (nSPS) is 29.2. The van der Waals surface area contributed by atoms with Gasteiger partial charge in [-0.1, -0.05) is 18.6 Å². The fourth-order valence-corrected chi connectivity index (χ4v) is 6.33. The Labute approximate surface area is 184 Å². The largest absolute Gasteiger partial charge is 0.472 e. The van der Waals surface area contributed by atoms with E-state index in [1.807, 2.05) is 0 Å². The molecule has 3 heterocycles. The van der Waals surface area contributed by atoms with E-state index in [2.05, 4.69) is 60.3 Å². The molecular weight excluding hydrogens is 388 g/mol. The van der Waals surface area contributed by atoms with Gasteiger partial charge in [-0.3, -0.25) is 4.90 Å². The molecule has 0 amide bonds. The molecule has 0 aromatic heterocycles. The number of fused-ring (bicyclic) bond motifs is 3. The second kappa shape index (κ2) is 7.33. The van der Waals surface area contributed by atoms with Crippen molar-refractivity contribution in [2.75, 3.05) is 38.9 Å². The molecule has 5 nitrogen and oxygen atoms in total. The SMILES string of the molecule is CN(C)c1ccc([C@@H]2c3cc4c(cc3O[C@@]3(N5CCCC5)CCCC[C@H]23)OCO4)cc1. The van der Waals surface area contributed by atoms with Crippen LogP contribution in [0, 0.1) is 5.92 Å². The third-order valence-electron chi connectivity index (χ3n) is 7.82. The van der Waals surface area contributed by atoms with Gasteiger partial charge in [0.25, 0.3) is 0 Å². The van der Waals surface area contributed by atoms with Crippen LogP contribution in [0.1, 0.15) is 55.6 Å². The molecule has 1 aliphatic carbocycles. The highest BCUT2D eigenvalue weighted by atomic mass is 16.7. The van der Waals surface area contributed by atoms with Gasteiger partial charge in [0.1, 0.15) is 5.75 Å². The zero-order valence-corrected chi connectivity index (χ0v) is 18.6. The molecule has 0 bridgehead atoms. The van der Waals surface area contributed by atoms with Crippen LogP contribution in [0.5, 0.6) is 17.2 Å². The molecule has 0 N–H and O–H groups in total. The van der Waals surface area contributed by atoms with Gasteiger partial charge < -0.3 is 19.1 Å². The first kappa shape index (κ1) is 19.3. The zero-order valence-electron chi connectivity index (χ0n) is 18.6. The molecule has 3 aliphatic heterocycles. The smallest absolute Gasteiger partial charge is 0.231 e. The average molecular weight is 421 g/mol. The third kappa shape index (κ3) is 3.00. The van der Waals surface area contributed by atoms with Crippen molar-refractivity contribution in [3.63, 3.8) is 0 Å². The molecule has 6 rings (SSSR count). The Morgan fingerprint density at radius 2 is 1.65 bits per heavy atom. The Morgan fingerprint density at radius 3 is 2.39 bits per heavy atom. The second-order valence-electron chi connectivity index (χ2n) is 9.70. The van der Waals surface area contributed by atoms with Crippen LogP contribution in [0.3, 0.4) is 0 Å². The molecule has 164 valence electrons. The predicted molar refractivity (Wildman–Crippen MR) is 121 cm³/mol. The first-order valence-corrected chi connectivity index (χ1v) is 11.8. The monoisotopic (exact) mass is 420 g/mol. The number of ether oxygens (including phenoxy) is 3. The summed E-state index contributed by atoms with van der Waals surface area (Å²) in [5.41, 5.74) is 3.66. The highest BCUT2D eigenvalue weighted by Gasteiger charge is 2.55. The number of rotatable bonds is 3. The third-order valence-corrected chi connectivity index (χ3v) is 7.82. The summed E-state index contributed by atoms with van der Waals surface area (Å²) < 4.78 is 18.5. The van der Waals surface area contributed by atoms with Crippen molar-refractivity contribution in [2.24, 2.45) is 5.92 Å². The Bertz CT molecular complexity index is 967. The minimum atomic E-state index is -0.208. The van der Waals surface area contributed by atoms with Crippen molar-refractivity contribution >= 4 is 5.69 Å². The molecule has 4 aliphatic rings. The minimum Gasteiger partial charge on any atom is -0.472 e. The summed E-state index contributed by atoms with van der Waals surface area (Å²) in [5.74, 6) is 3.39. The lowest BCUT2D eigenvalue weighted by Crippen LogP contribution is -2.61. The highest BCUT2D eigenvalue weighted by molar-refractivity contribution is 5.57. The van der Waals surface area contributed by atoms with Gasteiger partial charge in [0.05, 0.1) is 0 Å². The standard InChI is InChI=1S/C26H32N2O3/c1-27(2)19-10-8-18(9-11-19)25-20-15-23-24(30-17-29-23)16-22(20)31-26(28-13-5-6-14-28)12-4-3-7-21(25)26/h8-11,15-16,21,25H,3-7,12-14,17H2,1-2H3/t21-,25-,26+/m1/s1. The van der Waals surface area contributed by atoms with Crippen molar-refractivity contribution in [1.82, 2.24) is 4.90 Å². The van der Waals surface area contributed by atoms with E-state index in [-0.39, 0.29) is 5.72 Å². The van der Waals surface area contributed by atoms with Crippen molar-refractivity contribution in [1.29, 1.82) is 0 Å². The van der Waals surface area contributed by atoms with Crippen molar-refractivity contribution in [2.45, 2.75) is 50.2 Å².